The predicted molar refractivity (Wildman–Crippen MR) is 80.4 cm³/mol. The van der Waals surface area contributed by atoms with Gasteiger partial charge in [0.2, 0.25) is 0 Å². The molecule has 0 aliphatic heterocycles. The Hall–Kier alpha value is -2.23. The van der Waals surface area contributed by atoms with Gasteiger partial charge in [-0.15, -0.1) is 0 Å². The summed E-state index contributed by atoms with van der Waals surface area (Å²) in [6.07, 6.45) is 3.40. The van der Waals surface area contributed by atoms with E-state index in [1.54, 1.807) is 36.4 Å². The van der Waals surface area contributed by atoms with Crippen LogP contribution in [0.3, 0.4) is 0 Å². The highest BCUT2D eigenvalue weighted by atomic mass is 19.1. The molecule has 0 radical (unpaired) electrons. The second-order valence-corrected chi connectivity index (χ2v) is 5.32. The van der Waals surface area contributed by atoms with Crippen LogP contribution in [0.25, 0.3) is 0 Å². The largest absolute Gasteiger partial charge is 0.332 e. The molecular formula is C17H19FN2O. The fourth-order valence-corrected chi connectivity index (χ4v) is 2.14. The van der Waals surface area contributed by atoms with Gasteiger partial charge in [0.05, 0.1) is 5.56 Å². The monoisotopic (exact) mass is 286 g/mol. The van der Waals surface area contributed by atoms with Crippen molar-refractivity contribution in [2.45, 2.75) is 33.4 Å². The maximum atomic E-state index is 14.2. The second kappa shape index (κ2) is 6.48. The van der Waals surface area contributed by atoms with Crippen molar-refractivity contribution in [3.63, 3.8) is 0 Å². The van der Waals surface area contributed by atoms with Crippen LogP contribution in [0.4, 0.5) is 4.39 Å². The molecule has 0 aliphatic carbocycles. The molecule has 0 aliphatic rings. The van der Waals surface area contributed by atoms with Gasteiger partial charge in [0.15, 0.2) is 0 Å². The van der Waals surface area contributed by atoms with Crippen LogP contribution >= 0.6 is 0 Å². The molecule has 0 saturated heterocycles. The van der Waals surface area contributed by atoms with Crippen LogP contribution < -0.4 is 0 Å². The molecule has 21 heavy (non-hydrogen) atoms. The van der Waals surface area contributed by atoms with E-state index in [-0.39, 0.29) is 17.5 Å². The van der Waals surface area contributed by atoms with Gasteiger partial charge in [-0.1, -0.05) is 18.2 Å². The van der Waals surface area contributed by atoms with E-state index in [1.165, 1.54) is 6.07 Å². The Morgan fingerprint density at radius 3 is 2.67 bits per heavy atom. The third kappa shape index (κ3) is 3.45. The molecule has 1 aromatic heterocycles. The number of pyridine rings is 1. The summed E-state index contributed by atoms with van der Waals surface area (Å²) in [7, 11) is 0. The number of nitrogens with zero attached hydrogens (tertiary/aromatic N) is 2. The number of carbonyl (C=O) groups excluding carboxylic acids is 1. The van der Waals surface area contributed by atoms with Crippen molar-refractivity contribution in [2.75, 3.05) is 0 Å². The number of benzene rings is 1. The molecule has 1 heterocycles. The first-order valence-electron chi connectivity index (χ1n) is 6.95. The van der Waals surface area contributed by atoms with Crippen LogP contribution in [-0.4, -0.2) is 21.8 Å². The SMILES string of the molecule is Cc1cccc(C(=O)N(Cc2cccnc2)C(C)C)c1F. The number of rotatable bonds is 4. The van der Waals surface area contributed by atoms with Crippen LogP contribution in [-0.2, 0) is 6.54 Å². The van der Waals surface area contributed by atoms with Crippen LogP contribution in [0.15, 0.2) is 42.7 Å². The van der Waals surface area contributed by atoms with Crippen LogP contribution in [0, 0.1) is 12.7 Å². The number of carbonyl (C=O) groups is 1. The van der Waals surface area contributed by atoms with Gasteiger partial charge in [-0.2, -0.15) is 0 Å². The molecule has 0 fully saturated rings. The maximum Gasteiger partial charge on any atom is 0.257 e. The molecule has 1 amide bonds. The predicted octanol–water partition coefficient (Wildman–Crippen LogP) is 3.58. The molecule has 110 valence electrons. The average Bonchev–Trinajstić information content (AvgIpc) is 2.48. The van der Waals surface area contributed by atoms with Crippen LogP contribution in [0.1, 0.15) is 35.3 Å². The minimum atomic E-state index is -0.445. The molecule has 0 unspecified atom stereocenters. The van der Waals surface area contributed by atoms with Crippen molar-refractivity contribution < 1.29 is 9.18 Å². The number of amides is 1. The molecule has 2 rings (SSSR count). The van der Waals surface area contributed by atoms with Crippen molar-refractivity contribution in [2.24, 2.45) is 0 Å². The van der Waals surface area contributed by atoms with E-state index in [1.807, 2.05) is 26.0 Å². The standard InChI is InChI=1S/C17H19FN2O/c1-12(2)20(11-14-7-5-9-19-10-14)17(21)15-8-4-6-13(3)16(15)18/h4-10,12H,11H2,1-3H3. The first kappa shape index (κ1) is 15.2. The van der Waals surface area contributed by atoms with Gasteiger partial charge in [0, 0.05) is 25.0 Å². The lowest BCUT2D eigenvalue weighted by molar-refractivity contribution is 0.0685. The van der Waals surface area contributed by atoms with Gasteiger partial charge in [-0.25, -0.2) is 4.39 Å². The van der Waals surface area contributed by atoms with Gasteiger partial charge in [-0.05, 0) is 44.0 Å². The fourth-order valence-electron chi connectivity index (χ4n) is 2.14. The average molecular weight is 286 g/mol. The Bertz CT molecular complexity index is 626. The molecule has 0 atom stereocenters. The van der Waals surface area contributed by atoms with E-state index < -0.39 is 5.82 Å². The molecule has 0 N–H and O–H groups in total. The number of aromatic nitrogens is 1. The van der Waals surface area contributed by atoms with Gasteiger partial charge in [-0.3, -0.25) is 9.78 Å². The lowest BCUT2D eigenvalue weighted by atomic mass is 10.1. The Balaban J connectivity index is 2.30. The highest BCUT2D eigenvalue weighted by Gasteiger charge is 2.22. The first-order valence-corrected chi connectivity index (χ1v) is 6.95. The minimum absolute atomic E-state index is 0.0300. The summed E-state index contributed by atoms with van der Waals surface area (Å²) in [6.45, 7) is 5.91. The van der Waals surface area contributed by atoms with Crippen LogP contribution in [0.5, 0.6) is 0 Å². The van der Waals surface area contributed by atoms with Crippen LogP contribution in [0.2, 0.25) is 0 Å². The summed E-state index contributed by atoms with van der Waals surface area (Å²) >= 11 is 0. The minimum Gasteiger partial charge on any atom is -0.332 e. The van der Waals surface area contributed by atoms with Gasteiger partial charge in [0.1, 0.15) is 5.82 Å². The fraction of sp³-hybridized carbons (Fsp3) is 0.294. The van der Waals surface area contributed by atoms with Gasteiger partial charge >= 0.3 is 0 Å². The van der Waals surface area contributed by atoms with Gasteiger partial charge < -0.3 is 4.90 Å². The van der Waals surface area contributed by atoms with Crippen molar-refractivity contribution in [1.29, 1.82) is 0 Å². The summed E-state index contributed by atoms with van der Waals surface area (Å²) in [6, 6.07) is 8.59. The van der Waals surface area contributed by atoms with E-state index >= 15 is 0 Å². The van der Waals surface area contributed by atoms with Crippen molar-refractivity contribution in [3.05, 3.63) is 65.2 Å². The van der Waals surface area contributed by atoms with Gasteiger partial charge in [0.25, 0.3) is 5.91 Å². The Morgan fingerprint density at radius 2 is 2.05 bits per heavy atom. The van der Waals surface area contributed by atoms with E-state index in [0.717, 1.165) is 5.56 Å². The third-order valence-electron chi connectivity index (χ3n) is 3.38. The number of hydrogen-bond acceptors (Lipinski definition) is 2. The summed E-state index contributed by atoms with van der Waals surface area (Å²) < 4.78 is 14.2. The smallest absolute Gasteiger partial charge is 0.257 e. The lowest BCUT2D eigenvalue weighted by Crippen LogP contribution is -2.37. The molecule has 2 aromatic rings. The van der Waals surface area contributed by atoms with E-state index in [2.05, 4.69) is 4.98 Å². The van der Waals surface area contributed by atoms with E-state index in [0.29, 0.717) is 12.1 Å². The number of halogens is 1. The highest BCUT2D eigenvalue weighted by Crippen LogP contribution is 2.17. The summed E-state index contributed by atoms with van der Waals surface area (Å²) in [5.74, 6) is -0.741. The van der Waals surface area contributed by atoms with Crippen molar-refractivity contribution >= 4 is 5.91 Å². The molecular weight excluding hydrogens is 267 g/mol. The summed E-state index contributed by atoms with van der Waals surface area (Å²) in [4.78, 5) is 18.3. The third-order valence-corrected chi connectivity index (χ3v) is 3.38. The summed E-state index contributed by atoms with van der Waals surface area (Å²) in [5.41, 5.74) is 1.52. The zero-order chi connectivity index (χ0) is 15.4. The topological polar surface area (TPSA) is 33.2 Å². The summed E-state index contributed by atoms with van der Waals surface area (Å²) in [5, 5.41) is 0. The first-order chi connectivity index (χ1) is 10.0. The second-order valence-electron chi connectivity index (χ2n) is 5.32. The maximum absolute atomic E-state index is 14.2. The van der Waals surface area contributed by atoms with E-state index in [9.17, 15) is 9.18 Å². The van der Waals surface area contributed by atoms with Crippen molar-refractivity contribution in [3.8, 4) is 0 Å². The Labute approximate surface area is 124 Å². The molecule has 0 bridgehead atoms. The van der Waals surface area contributed by atoms with E-state index in [4.69, 9.17) is 0 Å². The highest BCUT2D eigenvalue weighted by molar-refractivity contribution is 5.94. The molecule has 4 heteroatoms. The number of aryl methyl sites for hydroxylation is 1. The quantitative estimate of drug-likeness (QED) is 0.860. The molecule has 3 nitrogen and oxygen atoms in total. The Morgan fingerprint density at radius 1 is 1.29 bits per heavy atom. The number of hydrogen-bond donors (Lipinski definition) is 0. The molecule has 1 aromatic carbocycles. The zero-order valence-corrected chi connectivity index (χ0v) is 12.5. The Kier molecular flexibility index (Phi) is 4.68. The normalized spacial score (nSPS) is 10.7. The molecule has 0 saturated carbocycles. The zero-order valence-electron chi connectivity index (χ0n) is 12.5. The molecule has 0 spiro atoms. The van der Waals surface area contributed by atoms with Crippen molar-refractivity contribution in [1.82, 2.24) is 9.88 Å². The lowest BCUT2D eigenvalue weighted by Gasteiger charge is -2.27.